The minimum absolute atomic E-state index is 0.0161. The lowest BCUT2D eigenvalue weighted by Gasteiger charge is -2.23. The number of carbonyl (C=O) groups is 4. The number of nitrogens with zero attached hydrogens (tertiary/aromatic N) is 1. The van der Waals surface area contributed by atoms with Gasteiger partial charge in [-0.1, -0.05) is 12.1 Å². The molecule has 0 saturated carbocycles. The zero-order chi connectivity index (χ0) is 24.5. The van der Waals surface area contributed by atoms with E-state index in [1.807, 2.05) is 0 Å². The van der Waals surface area contributed by atoms with Gasteiger partial charge in [-0.05, 0) is 31.5 Å². The van der Waals surface area contributed by atoms with E-state index in [1.54, 1.807) is 12.1 Å². The number of nitrogens with two attached hydrogens (primary N) is 1. The first-order valence-corrected chi connectivity index (χ1v) is 10.2. The number of phenols is 1. The number of benzene rings is 1. The Labute approximate surface area is 190 Å². The van der Waals surface area contributed by atoms with Crippen molar-refractivity contribution in [2.24, 2.45) is 5.73 Å². The van der Waals surface area contributed by atoms with E-state index in [9.17, 15) is 29.4 Å². The van der Waals surface area contributed by atoms with Crippen molar-refractivity contribution in [2.45, 2.75) is 50.9 Å². The first-order valence-electron chi connectivity index (χ1n) is 10.2. The van der Waals surface area contributed by atoms with Gasteiger partial charge in [-0.25, -0.2) is 9.78 Å². The number of H-pyrrole nitrogens is 1. The topological polar surface area (TPSA) is 200 Å². The number of hydrogen-bond donors (Lipinski definition) is 7. The summed E-state index contributed by atoms with van der Waals surface area (Å²) in [5.74, 6) is -3.15. The highest BCUT2D eigenvalue weighted by Crippen LogP contribution is 2.12. The van der Waals surface area contributed by atoms with Crippen LogP contribution >= 0.6 is 0 Å². The molecule has 0 fully saturated rings. The van der Waals surface area contributed by atoms with Gasteiger partial charge in [0.2, 0.25) is 17.7 Å². The summed E-state index contributed by atoms with van der Waals surface area (Å²) in [5, 5.41) is 26.4. The van der Waals surface area contributed by atoms with Crippen molar-refractivity contribution in [1.29, 1.82) is 0 Å². The largest absolute Gasteiger partial charge is 0.508 e. The summed E-state index contributed by atoms with van der Waals surface area (Å²) in [6, 6.07) is 1.76. The van der Waals surface area contributed by atoms with Crippen LogP contribution in [0.25, 0.3) is 0 Å². The fraction of sp³-hybridized carbons (Fsp3) is 0.381. The molecule has 1 heterocycles. The van der Waals surface area contributed by atoms with Crippen molar-refractivity contribution in [3.63, 3.8) is 0 Å². The molecule has 0 saturated heterocycles. The number of aromatic hydroxyl groups is 1. The third kappa shape index (κ3) is 7.92. The second-order valence-corrected chi connectivity index (χ2v) is 7.63. The number of imidazole rings is 1. The summed E-state index contributed by atoms with van der Waals surface area (Å²) < 4.78 is 0. The van der Waals surface area contributed by atoms with Crippen molar-refractivity contribution in [1.82, 2.24) is 25.9 Å². The predicted molar refractivity (Wildman–Crippen MR) is 117 cm³/mol. The molecule has 0 aliphatic rings. The Bertz CT molecular complexity index is 960. The van der Waals surface area contributed by atoms with Crippen molar-refractivity contribution in [3.05, 3.63) is 48.0 Å². The van der Waals surface area contributed by atoms with Crippen LogP contribution in [0.3, 0.4) is 0 Å². The van der Waals surface area contributed by atoms with Gasteiger partial charge < -0.3 is 36.9 Å². The molecule has 0 spiro atoms. The highest BCUT2D eigenvalue weighted by Gasteiger charge is 2.29. The molecule has 1 aromatic carbocycles. The first-order chi connectivity index (χ1) is 15.6. The first kappa shape index (κ1) is 25.3. The summed E-state index contributed by atoms with van der Waals surface area (Å²) in [4.78, 5) is 55.6. The Hall–Kier alpha value is -3.93. The molecule has 12 nitrogen and oxygen atoms in total. The van der Waals surface area contributed by atoms with Gasteiger partial charge in [-0.15, -0.1) is 0 Å². The van der Waals surface area contributed by atoms with Gasteiger partial charge in [-0.2, -0.15) is 0 Å². The molecule has 33 heavy (non-hydrogen) atoms. The standard InChI is InChI=1S/C21H28N6O6/c1-11(22)18(29)25-12(2)19(30)26-16(7-13-3-5-15(28)6-4-13)20(31)27-17(21(32)33)8-14-9-23-10-24-14/h3-6,9-12,16-17,28H,7-8,22H2,1-2H3,(H,23,24)(H,25,29)(H,26,30)(H,27,31)(H,32,33). The average molecular weight is 460 g/mol. The third-order valence-electron chi connectivity index (χ3n) is 4.77. The van der Waals surface area contributed by atoms with Crippen LogP contribution in [0, 0.1) is 0 Å². The smallest absolute Gasteiger partial charge is 0.326 e. The quantitative estimate of drug-likeness (QED) is 0.217. The number of rotatable bonds is 11. The van der Waals surface area contributed by atoms with Crippen LogP contribution < -0.4 is 21.7 Å². The van der Waals surface area contributed by atoms with E-state index in [1.165, 1.54) is 38.5 Å². The normalized spacial score (nSPS) is 14.4. The lowest BCUT2D eigenvalue weighted by Crippen LogP contribution is -2.57. The predicted octanol–water partition coefficient (Wildman–Crippen LogP) is -1.19. The van der Waals surface area contributed by atoms with Crippen molar-refractivity contribution in [2.75, 3.05) is 0 Å². The zero-order valence-corrected chi connectivity index (χ0v) is 18.2. The number of carboxylic acids is 1. The highest BCUT2D eigenvalue weighted by atomic mass is 16.4. The number of aliphatic carboxylic acids is 1. The average Bonchev–Trinajstić information content (AvgIpc) is 3.27. The summed E-state index contributed by atoms with van der Waals surface area (Å²) in [6.07, 6.45) is 2.81. The van der Waals surface area contributed by atoms with E-state index in [4.69, 9.17) is 5.73 Å². The van der Waals surface area contributed by atoms with Crippen LogP contribution in [0.15, 0.2) is 36.8 Å². The highest BCUT2D eigenvalue weighted by molar-refractivity contribution is 5.94. The van der Waals surface area contributed by atoms with Gasteiger partial charge in [-0.3, -0.25) is 14.4 Å². The lowest BCUT2D eigenvalue weighted by molar-refractivity contribution is -0.142. The van der Waals surface area contributed by atoms with Gasteiger partial charge >= 0.3 is 5.97 Å². The Morgan fingerprint density at radius 1 is 0.970 bits per heavy atom. The van der Waals surface area contributed by atoms with E-state index in [2.05, 4.69) is 25.9 Å². The SMILES string of the molecule is CC(N)C(=O)NC(C)C(=O)NC(Cc1ccc(O)cc1)C(=O)NC(Cc1cnc[nH]1)C(=O)O. The number of aromatic nitrogens is 2. The van der Waals surface area contributed by atoms with Crippen LogP contribution in [-0.2, 0) is 32.0 Å². The summed E-state index contributed by atoms with van der Waals surface area (Å²) in [7, 11) is 0. The number of aromatic amines is 1. The summed E-state index contributed by atoms with van der Waals surface area (Å²) in [6.45, 7) is 2.90. The van der Waals surface area contributed by atoms with E-state index in [0.29, 0.717) is 11.3 Å². The number of amides is 3. The van der Waals surface area contributed by atoms with E-state index < -0.39 is 47.9 Å². The number of carboxylic acid groups (broad SMARTS) is 1. The Balaban J connectivity index is 2.16. The molecule has 0 aliphatic heterocycles. The van der Waals surface area contributed by atoms with E-state index in [-0.39, 0.29) is 18.6 Å². The molecule has 178 valence electrons. The maximum Gasteiger partial charge on any atom is 0.326 e. The molecular weight excluding hydrogens is 432 g/mol. The van der Waals surface area contributed by atoms with E-state index >= 15 is 0 Å². The van der Waals surface area contributed by atoms with Crippen molar-refractivity contribution >= 4 is 23.7 Å². The van der Waals surface area contributed by atoms with Crippen LogP contribution in [0.1, 0.15) is 25.1 Å². The molecule has 8 N–H and O–H groups in total. The maximum atomic E-state index is 13.0. The molecule has 0 radical (unpaired) electrons. The lowest BCUT2D eigenvalue weighted by atomic mass is 10.0. The Morgan fingerprint density at radius 3 is 2.15 bits per heavy atom. The second kappa shape index (κ2) is 11.6. The van der Waals surface area contributed by atoms with Crippen molar-refractivity contribution < 1.29 is 29.4 Å². The zero-order valence-electron chi connectivity index (χ0n) is 18.2. The molecule has 2 rings (SSSR count). The molecule has 12 heteroatoms. The summed E-state index contributed by atoms with van der Waals surface area (Å²) in [5.41, 5.74) is 6.62. The maximum absolute atomic E-state index is 13.0. The number of phenolic OH excluding ortho intramolecular Hbond substituents is 1. The van der Waals surface area contributed by atoms with Crippen LogP contribution in [0.2, 0.25) is 0 Å². The van der Waals surface area contributed by atoms with Crippen LogP contribution in [0.5, 0.6) is 5.75 Å². The molecule has 0 bridgehead atoms. The van der Waals surface area contributed by atoms with E-state index in [0.717, 1.165) is 0 Å². The minimum Gasteiger partial charge on any atom is -0.508 e. The molecule has 0 aliphatic carbocycles. The molecule has 1 aromatic heterocycles. The molecule has 3 amide bonds. The minimum atomic E-state index is -1.27. The molecule has 2 aromatic rings. The monoisotopic (exact) mass is 460 g/mol. The van der Waals surface area contributed by atoms with Crippen LogP contribution in [-0.4, -0.2) is 68.0 Å². The third-order valence-corrected chi connectivity index (χ3v) is 4.77. The fourth-order valence-electron chi connectivity index (χ4n) is 2.87. The van der Waals surface area contributed by atoms with Gasteiger partial charge in [0.05, 0.1) is 12.4 Å². The molecular formula is C21H28N6O6. The fourth-order valence-corrected chi connectivity index (χ4v) is 2.87. The van der Waals surface area contributed by atoms with Crippen LogP contribution in [0.4, 0.5) is 0 Å². The Kier molecular flexibility index (Phi) is 8.92. The van der Waals surface area contributed by atoms with Gasteiger partial charge in [0.1, 0.15) is 23.9 Å². The second-order valence-electron chi connectivity index (χ2n) is 7.63. The number of carbonyl (C=O) groups excluding carboxylic acids is 3. The number of hydrogen-bond acceptors (Lipinski definition) is 7. The number of nitrogens with one attached hydrogen (secondary N) is 4. The Morgan fingerprint density at radius 2 is 1.61 bits per heavy atom. The van der Waals surface area contributed by atoms with Gasteiger partial charge in [0.15, 0.2) is 0 Å². The van der Waals surface area contributed by atoms with Gasteiger partial charge in [0, 0.05) is 24.7 Å². The van der Waals surface area contributed by atoms with Crippen molar-refractivity contribution in [3.8, 4) is 5.75 Å². The molecule has 4 unspecified atom stereocenters. The van der Waals surface area contributed by atoms with Gasteiger partial charge in [0.25, 0.3) is 0 Å². The summed E-state index contributed by atoms with van der Waals surface area (Å²) >= 11 is 0. The molecule has 4 atom stereocenters.